The predicted molar refractivity (Wildman–Crippen MR) is 56.2 cm³/mol. The zero-order valence-corrected chi connectivity index (χ0v) is 8.01. The van der Waals surface area contributed by atoms with Crippen molar-refractivity contribution in [2.75, 3.05) is 11.4 Å². The molecule has 0 aromatic heterocycles. The Kier molecular flexibility index (Phi) is 2.17. The van der Waals surface area contributed by atoms with Gasteiger partial charge in [-0.2, -0.15) is 0 Å². The molecule has 1 atom stereocenters. The van der Waals surface area contributed by atoms with Gasteiger partial charge in [-0.1, -0.05) is 6.08 Å². The lowest BCUT2D eigenvalue weighted by Crippen LogP contribution is -2.35. The van der Waals surface area contributed by atoms with Gasteiger partial charge in [0.2, 0.25) is 0 Å². The highest BCUT2D eigenvalue weighted by molar-refractivity contribution is 5.73. The maximum absolute atomic E-state index is 9.66. The van der Waals surface area contributed by atoms with Crippen LogP contribution in [0.3, 0.4) is 0 Å². The van der Waals surface area contributed by atoms with Gasteiger partial charge in [-0.3, -0.25) is 0 Å². The van der Waals surface area contributed by atoms with E-state index < -0.39 is 6.23 Å². The third-order valence-corrected chi connectivity index (χ3v) is 2.43. The molecule has 0 radical (unpaired) electrons. The van der Waals surface area contributed by atoms with Crippen LogP contribution in [0.1, 0.15) is 12.5 Å². The number of benzene rings is 1. The van der Waals surface area contributed by atoms with E-state index in [0.717, 1.165) is 17.8 Å². The van der Waals surface area contributed by atoms with Crippen LogP contribution < -0.4 is 4.90 Å². The first-order valence-electron chi connectivity index (χ1n) is 4.68. The van der Waals surface area contributed by atoms with Gasteiger partial charge in [-0.05, 0) is 31.2 Å². The van der Waals surface area contributed by atoms with E-state index in [2.05, 4.69) is 0 Å². The highest BCUT2D eigenvalue weighted by Crippen LogP contribution is 2.30. The Morgan fingerprint density at radius 3 is 2.93 bits per heavy atom. The Labute approximate surface area is 82.9 Å². The van der Waals surface area contributed by atoms with Gasteiger partial charge in [0.05, 0.1) is 0 Å². The topological polar surface area (TPSA) is 43.7 Å². The Balaban J connectivity index is 2.49. The maximum Gasteiger partial charge on any atom is 0.146 e. The number of fused-ring (bicyclic) bond motifs is 1. The largest absolute Gasteiger partial charge is 0.508 e. The number of rotatable bonds is 1. The quantitative estimate of drug-likeness (QED) is 0.708. The van der Waals surface area contributed by atoms with E-state index >= 15 is 0 Å². The lowest BCUT2D eigenvalue weighted by Gasteiger charge is -2.31. The minimum absolute atomic E-state index is 0.251. The van der Waals surface area contributed by atoms with Crippen LogP contribution in [0.25, 0.3) is 6.08 Å². The lowest BCUT2D eigenvalue weighted by molar-refractivity contribution is 0.217. The molecule has 1 aromatic carbocycles. The number of hydrogen-bond acceptors (Lipinski definition) is 3. The maximum atomic E-state index is 9.66. The molecule has 3 nitrogen and oxygen atoms in total. The summed E-state index contributed by atoms with van der Waals surface area (Å²) in [7, 11) is 0. The van der Waals surface area contributed by atoms with Crippen molar-refractivity contribution in [3.05, 3.63) is 29.8 Å². The molecule has 14 heavy (non-hydrogen) atoms. The van der Waals surface area contributed by atoms with Crippen molar-refractivity contribution >= 4 is 11.8 Å². The van der Waals surface area contributed by atoms with Crippen LogP contribution in [0.2, 0.25) is 0 Å². The average Bonchev–Trinajstić information content (AvgIpc) is 2.18. The Morgan fingerprint density at radius 2 is 2.21 bits per heavy atom. The number of phenols is 1. The monoisotopic (exact) mass is 191 g/mol. The molecular formula is C11H13NO2. The molecule has 1 heterocycles. The molecule has 1 aliphatic rings. The van der Waals surface area contributed by atoms with Crippen molar-refractivity contribution in [2.24, 2.45) is 0 Å². The summed E-state index contributed by atoms with van der Waals surface area (Å²) < 4.78 is 0. The van der Waals surface area contributed by atoms with Crippen LogP contribution >= 0.6 is 0 Å². The molecule has 0 saturated heterocycles. The summed E-state index contributed by atoms with van der Waals surface area (Å²) >= 11 is 0. The van der Waals surface area contributed by atoms with Crippen LogP contribution in [0, 0.1) is 0 Å². The number of anilines is 1. The van der Waals surface area contributed by atoms with E-state index in [1.165, 1.54) is 0 Å². The normalized spacial score (nSPS) is 19.6. The molecule has 0 aliphatic carbocycles. The van der Waals surface area contributed by atoms with Crippen LogP contribution in [0.15, 0.2) is 24.3 Å². The van der Waals surface area contributed by atoms with Crippen molar-refractivity contribution < 1.29 is 10.2 Å². The summed E-state index contributed by atoms with van der Waals surface area (Å²) in [5, 5.41) is 19.0. The summed E-state index contributed by atoms with van der Waals surface area (Å²) in [5.41, 5.74) is 1.90. The molecule has 1 unspecified atom stereocenters. The molecule has 74 valence electrons. The molecule has 0 spiro atoms. The van der Waals surface area contributed by atoms with Gasteiger partial charge in [-0.15, -0.1) is 0 Å². The van der Waals surface area contributed by atoms with Crippen LogP contribution in [0.4, 0.5) is 5.69 Å². The Bertz CT molecular complexity index is 374. The molecular weight excluding hydrogens is 178 g/mol. The standard InChI is InChI=1S/C11H13NO2/c1-2-12-10-5-4-9(13)7-8(10)3-6-11(12)14/h3-7,11,13-14H,2H2,1H3. The fourth-order valence-electron chi connectivity index (χ4n) is 1.73. The molecule has 0 saturated carbocycles. The minimum atomic E-state index is -0.558. The number of aromatic hydroxyl groups is 1. The van der Waals surface area contributed by atoms with Gasteiger partial charge >= 0.3 is 0 Å². The first-order chi connectivity index (χ1) is 6.72. The summed E-state index contributed by atoms with van der Waals surface area (Å²) in [6.07, 6.45) is 2.98. The van der Waals surface area contributed by atoms with Crippen molar-refractivity contribution in [3.63, 3.8) is 0 Å². The molecule has 1 aromatic rings. The number of nitrogens with zero attached hydrogens (tertiary/aromatic N) is 1. The van der Waals surface area contributed by atoms with E-state index in [1.54, 1.807) is 18.2 Å². The van der Waals surface area contributed by atoms with Gasteiger partial charge in [0.25, 0.3) is 0 Å². The number of likely N-dealkylation sites (N-methyl/N-ethyl adjacent to an activating group) is 1. The minimum Gasteiger partial charge on any atom is -0.508 e. The molecule has 2 rings (SSSR count). The fraction of sp³-hybridized carbons (Fsp3) is 0.273. The van der Waals surface area contributed by atoms with Crippen molar-refractivity contribution in [2.45, 2.75) is 13.2 Å². The number of aliphatic hydroxyl groups is 1. The zero-order chi connectivity index (χ0) is 10.1. The smallest absolute Gasteiger partial charge is 0.146 e. The summed E-state index contributed by atoms with van der Waals surface area (Å²) in [4.78, 5) is 1.87. The first kappa shape index (κ1) is 9.09. The molecule has 0 fully saturated rings. The third kappa shape index (κ3) is 1.36. The van der Waals surface area contributed by atoms with Gasteiger partial charge < -0.3 is 15.1 Å². The van der Waals surface area contributed by atoms with E-state index in [-0.39, 0.29) is 5.75 Å². The highest BCUT2D eigenvalue weighted by atomic mass is 16.3. The van der Waals surface area contributed by atoms with E-state index in [4.69, 9.17) is 0 Å². The van der Waals surface area contributed by atoms with Crippen LogP contribution in [0.5, 0.6) is 5.75 Å². The second-order valence-corrected chi connectivity index (χ2v) is 3.30. The van der Waals surface area contributed by atoms with E-state index in [1.807, 2.05) is 24.0 Å². The molecule has 0 amide bonds. The third-order valence-electron chi connectivity index (χ3n) is 2.43. The number of hydrogen-bond donors (Lipinski definition) is 2. The molecule has 3 heteroatoms. The second-order valence-electron chi connectivity index (χ2n) is 3.30. The SMILES string of the molecule is CCN1c2ccc(O)cc2C=CC1O. The lowest BCUT2D eigenvalue weighted by atomic mass is 10.1. The molecule has 1 aliphatic heterocycles. The van der Waals surface area contributed by atoms with Gasteiger partial charge in [0.1, 0.15) is 12.0 Å². The summed E-state index contributed by atoms with van der Waals surface area (Å²) in [6, 6.07) is 5.15. The molecule has 2 N–H and O–H groups in total. The average molecular weight is 191 g/mol. The highest BCUT2D eigenvalue weighted by Gasteiger charge is 2.18. The van der Waals surface area contributed by atoms with Gasteiger partial charge in [-0.25, -0.2) is 0 Å². The van der Waals surface area contributed by atoms with Crippen molar-refractivity contribution in [1.82, 2.24) is 0 Å². The predicted octanol–water partition coefficient (Wildman–Crippen LogP) is 1.56. The zero-order valence-electron chi connectivity index (χ0n) is 8.01. The Morgan fingerprint density at radius 1 is 1.43 bits per heavy atom. The van der Waals surface area contributed by atoms with Gasteiger partial charge in [0.15, 0.2) is 0 Å². The fourth-order valence-corrected chi connectivity index (χ4v) is 1.73. The van der Waals surface area contributed by atoms with Crippen LogP contribution in [-0.2, 0) is 0 Å². The van der Waals surface area contributed by atoms with Gasteiger partial charge in [0, 0.05) is 17.8 Å². The number of aliphatic hydroxyl groups excluding tert-OH is 1. The van der Waals surface area contributed by atoms with Crippen molar-refractivity contribution in [1.29, 1.82) is 0 Å². The van der Waals surface area contributed by atoms with Crippen molar-refractivity contribution in [3.8, 4) is 5.75 Å². The van der Waals surface area contributed by atoms with Crippen LogP contribution in [-0.4, -0.2) is 23.0 Å². The summed E-state index contributed by atoms with van der Waals surface area (Å²) in [6.45, 7) is 2.72. The van der Waals surface area contributed by atoms with E-state index in [9.17, 15) is 10.2 Å². The van der Waals surface area contributed by atoms with E-state index in [0.29, 0.717) is 0 Å². The summed E-state index contributed by atoms with van der Waals surface area (Å²) in [5.74, 6) is 0.251. The first-order valence-corrected chi connectivity index (χ1v) is 4.68. The molecule has 0 bridgehead atoms. The second kappa shape index (κ2) is 3.35. The number of phenolic OH excluding ortho intramolecular Hbond substituents is 1. The Hall–Kier alpha value is -1.48.